The van der Waals surface area contributed by atoms with E-state index in [1.54, 1.807) is 0 Å². The minimum absolute atomic E-state index is 0.0189. The van der Waals surface area contributed by atoms with E-state index in [0.717, 1.165) is 35.7 Å². The molecular weight excluding hydrogens is 346 g/mol. The van der Waals surface area contributed by atoms with Gasteiger partial charge in [0, 0.05) is 12.6 Å². The van der Waals surface area contributed by atoms with E-state index in [4.69, 9.17) is 9.47 Å². The number of amides is 2. The van der Waals surface area contributed by atoms with Crippen molar-refractivity contribution in [3.63, 3.8) is 0 Å². The quantitative estimate of drug-likeness (QED) is 0.629. The molecule has 3 rings (SSSR count). The molecule has 1 aliphatic carbocycles. The second-order valence-corrected chi connectivity index (χ2v) is 7.49. The molecule has 1 heterocycles. The fraction of sp³-hybridized carbons (Fsp3) is 0.600. The van der Waals surface area contributed by atoms with Crippen LogP contribution in [-0.2, 0) is 9.59 Å². The van der Waals surface area contributed by atoms with Crippen molar-refractivity contribution in [2.75, 3.05) is 39.8 Å². The molecule has 0 aromatic heterocycles. The molecule has 1 aliphatic heterocycles. The van der Waals surface area contributed by atoms with Crippen LogP contribution in [0, 0.1) is 0 Å². The van der Waals surface area contributed by atoms with Gasteiger partial charge in [0.25, 0.3) is 11.8 Å². The van der Waals surface area contributed by atoms with Crippen LogP contribution in [0.25, 0.3) is 0 Å². The van der Waals surface area contributed by atoms with E-state index in [2.05, 4.69) is 5.32 Å². The number of para-hydroxylation sites is 2. The molecule has 1 unspecified atom stereocenters. The van der Waals surface area contributed by atoms with Crippen molar-refractivity contribution >= 4 is 11.8 Å². The Morgan fingerprint density at radius 3 is 2.67 bits per heavy atom. The highest BCUT2D eigenvalue weighted by Gasteiger charge is 2.28. The summed E-state index contributed by atoms with van der Waals surface area (Å²) in [5, 5.41) is 2.97. The Morgan fingerprint density at radius 1 is 1.22 bits per heavy atom. The molecule has 0 saturated heterocycles. The smallest absolute Gasteiger partial charge is 0.277 e. The van der Waals surface area contributed by atoms with Gasteiger partial charge in [-0.25, -0.2) is 0 Å². The second kappa shape index (κ2) is 9.08. The molecule has 1 aromatic carbocycles. The van der Waals surface area contributed by atoms with Crippen molar-refractivity contribution in [1.29, 1.82) is 0 Å². The summed E-state index contributed by atoms with van der Waals surface area (Å²) in [6.07, 6.45) is 2.83. The maximum absolute atomic E-state index is 12.8. The summed E-state index contributed by atoms with van der Waals surface area (Å²) >= 11 is 0. The molecule has 1 fully saturated rings. The van der Waals surface area contributed by atoms with Gasteiger partial charge >= 0.3 is 0 Å². The van der Waals surface area contributed by atoms with Gasteiger partial charge in [-0.2, -0.15) is 0 Å². The lowest BCUT2D eigenvalue weighted by atomic mass is 10.2. The number of quaternary nitrogens is 1. The number of ether oxygens (including phenoxy) is 2. The molecule has 2 aliphatic rings. The van der Waals surface area contributed by atoms with E-state index in [1.807, 2.05) is 43.1 Å². The van der Waals surface area contributed by atoms with E-state index in [0.29, 0.717) is 38.8 Å². The number of benzene rings is 1. The van der Waals surface area contributed by atoms with Crippen molar-refractivity contribution in [3.8, 4) is 11.5 Å². The first-order valence-electron chi connectivity index (χ1n) is 9.82. The molecule has 1 aromatic rings. The molecular formula is C20H30N3O4+. The highest BCUT2D eigenvalue weighted by Crippen LogP contribution is 2.31. The number of nitrogens with one attached hydrogen (secondary N) is 2. The summed E-state index contributed by atoms with van der Waals surface area (Å²) in [4.78, 5) is 27.4. The largest absolute Gasteiger partial charge is 0.486 e. The van der Waals surface area contributed by atoms with Crippen LogP contribution in [0.15, 0.2) is 24.3 Å². The maximum Gasteiger partial charge on any atom is 0.277 e. The van der Waals surface area contributed by atoms with Gasteiger partial charge in [-0.15, -0.1) is 0 Å². The number of carbonyl (C=O) groups is 2. The molecule has 0 bridgehead atoms. The molecule has 148 valence electrons. The minimum Gasteiger partial charge on any atom is -0.486 e. The Labute approximate surface area is 160 Å². The minimum atomic E-state index is -0.186. The number of fused-ring (bicyclic) bond motifs is 1. The van der Waals surface area contributed by atoms with Crippen molar-refractivity contribution in [2.45, 2.75) is 38.3 Å². The number of nitrogens with zero attached hydrogens (tertiary/aromatic N) is 1. The summed E-state index contributed by atoms with van der Waals surface area (Å²) in [7, 11) is 1.88. The summed E-state index contributed by atoms with van der Waals surface area (Å²) in [6, 6.07) is 7.93. The van der Waals surface area contributed by atoms with E-state index in [1.165, 1.54) is 0 Å². The zero-order valence-electron chi connectivity index (χ0n) is 16.2. The Morgan fingerprint density at radius 2 is 1.96 bits per heavy atom. The fourth-order valence-corrected chi connectivity index (χ4v) is 3.20. The van der Waals surface area contributed by atoms with Crippen LogP contribution >= 0.6 is 0 Å². The first-order chi connectivity index (χ1) is 13.0. The first-order valence-corrected chi connectivity index (χ1v) is 9.82. The summed E-state index contributed by atoms with van der Waals surface area (Å²) in [5.41, 5.74) is 0. The molecule has 7 heteroatoms. The van der Waals surface area contributed by atoms with Crippen molar-refractivity contribution in [2.24, 2.45) is 0 Å². The standard InChI is InChI=1S/C20H29N3O4/c1-3-10-23(11-16-14-26-17-6-4-5-7-18(17)27-16)20(25)13-22(2)12-19(24)21-15-8-9-15/h4-7,15-16H,3,8-14H2,1-2H3,(H,21,24)/p+1/t16-/m0/s1. The SMILES string of the molecule is CCCN(C[C@H]1COc2ccccc2O1)C(=O)C[NH+](C)CC(=O)NC1CC1. The Hall–Kier alpha value is -2.28. The third-order valence-corrected chi connectivity index (χ3v) is 4.70. The average molecular weight is 376 g/mol. The average Bonchev–Trinajstić information content (AvgIpc) is 3.44. The maximum atomic E-state index is 12.8. The monoisotopic (exact) mass is 376 g/mol. The molecule has 0 radical (unpaired) electrons. The summed E-state index contributed by atoms with van der Waals surface area (Å²) in [6.45, 7) is 4.25. The Balaban J connectivity index is 1.50. The third kappa shape index (κ3) is 5.85. The first kappa shape index (κ1) is 19.5. The van der Waals surface area contributed by atoms with Crippen molar-refractivity contribution in [1.82, 2.24) is 10.2 Å². The number of hydrogen-bond donors (Lipinski definition) is 2. The number of carbonyl (C=O) groups excluding carboxylic acids is 2. The lowest BCUT2D eigenvalue weighted by molar-refractivity contribution is -0.863. The van der Waals surface area contributed by atoms with Gasteiger partial charge in [0.1, 0.15) is 6.61 Å². The van der Waals surface area contributed by atoms with Crippen LogP contribution < -0.4 is 19.7 Å². The van der Waals surface area contributed by atoms with Gasteiger partial charge in [-0.1, -0.05) is 19.1 Å². The van der Waals surface area contributed by atoms with Crippen molar-refractivity contribution < 1.29 is 24.0 Å². The second-order valence-electron chi connectivity index (χ2n) is 7.49. The normalized spacial score (nSPS) is 19.3. The van der Waals surface area contributed by atoms with E-state index in [9.17, 15) is 9.59 Å². The molecule has 2 N–H and O–H groups in total. The summed E-state index contributed by atoms with van der Waals surface area (Å²) in [5.74, 6) is 1.52. The van der Waals surface area contributed by atoms with Crippen LogP contribution in [0.4, 0.5) is 0 Å². The number of hydrogen-bond acceptors (Lipinski definition) is 4. The predicted molar refractivity (Wildman–Crippen MR) is 101 cm³/mol. The molecule has 2 amide bonds. The van der Waals surface area contributed by atoms with Crippen LogP contribution in [0.2, 0.25) is 0 Å². The van der Waals surface area contributed by atoms with Crippen LogP contribution in [0.5, 0.6) is 11.5 Å². The molecule has 7 nitrogen and oxygen atoms in total. The van der Waals surface area contributed by atoms with Crippen LogP contribution in [-0.4, -0.2) is 68.7 Å². The Bertz CT molecular complexity index is 662. The van der Waals surface area contributed by atoms with Gasteiger partial charge in [0.15, 0.2) is 30.7 Å². The predicted octanol–water partition coefficient (Wildman–Crippen LogP) is -0.142. The Kier molecular flexibility index (Phi) is 6.55. The van der Waals surface area contributed by atoms with Crippen LogP contribution in [0.1, 0.15) is 26.2 Å². The van der Waals surface area contributed by atoms with E-state index >= 15 is 0 Å². The van der Waals surface area contributed by atoms with Crippen molar-refractivity contribution in [3.05, 3.63) is 24.3 Å². The van der Waals surface area contributed by atoms with Gasteiger partial charge in [-0.3, -0.25) is 9.59 Å². The molecule has 1 saturated carbocycles. The highest BCUT2D eigenvalue weighted by atomic mass is 16.6. The van der Waals surface area contributed by atoms with Gasteiger partial charge < -0.3 is 24.6 Å². The van der Waals surface area contributed by atoms with Gasteiger partial charge in [-0.05, 0) is 31.4 Å². The molecule has 27 heavy (non-hydrogen) atoms. The van der Waals surface area contributed by atoms with E-state index in [-0.39, 0.29) is 17.9 Å². The fourth-order valence-electron chi connectivity index (χ4n) is 3.20. The topological polar surface area (TPSA) is 72.3 Å². The lowest BCUT2D eigenvalue weighted by Crippen LogP contribution is -3.11. The highest BCUT2D eigenvalue weighted by molar-refractivity contribution is 5.79. The van der Waals surface area contributed by atoms with Gasteiger partial charge in [0.05, 0.1) is 13.6 Å². The summed E-state index contributed by atoms with van der Waals surface area (Å²) < 4.78 is 11.7. The third-order valence-electron chi connectivity index (χ3n) is 4.70. The van der Waals surface area contributed by atoms with E-state index < -0.39 is 0 Å². The van der Waals surface area contributed by atoms with Gasteiger partial charge in [0.2, 0.25) is 0 Å². The zero-order chi connectivity index (χ0) is 19.2. The van der Waals surface area contributed by atoms with Crippen LogP contribution in [0.3, 0.4) is 0 Å². The lowest BCUT2D eigenvalue weighted by Gasteiger charge is -2.31. The zero-order valence-corrected chi connectivity index (χ0v) is 16.2. The number of rotatable bonds is 9. The molecule has 0 spiro atoms. The number of likely N-dealkylation sites (N-methyl/N-ethyl adjacent to an activating group) is 1. The molecule has 2 atom stereocenters.